The van der Waals surface area contributed by atoms with Crippen molar-refractivity contribution in [1.29, 1.82) is 0 Å². The second-order valence-electron chi connectivity index (χ2n) is 10.9. The quantitative estimate of drug-likeness (QED) is 0.267. The highest BCUT2D eigenvalue weighted by Crippen LogP contribution is 2.37. The van der Waals surface area contributed by atoms with E-state index in [1.807, 2.05) is 26.2 Å². The lowest BCUT2D eigenvalue weighted by Gasteiger charge is -2.30. The Morgan fingerprint density at radius 1 is 1.14 bits per heavy atom. The van der Waals surface area contributed by atoms with Gasteiger partial charge in [0, 0.05) is 56.1 Å². The number of aromatic nitrogens is 1. The monoisotopic (exact) mass is 487 g/mol. The topological polar surface area (TPSA) is 80.6 Å². The summed E-state index contributed by atoms with van der Waals surface area (Å²) in [6.07, 6.45) is 2.95. The Labute approximate surface area is 216 Å². The van der Waals surface area contributed by atoms with Crippen molar-refractivity contribution in [2.75, 3.05) is 24.3 Å². The Hall–Kier alpha value is -3.09. The lowest BCUT2D eigenvalue weighted by Crippen LogP contribution is -2.40. The molecule has 1 aliphatic heterocycles. The standard InChI is InChI=1S/C30H41N5O/c1-8-25(26-11-12-27(34(7)32)29(31)21(26)4)22-10-9-19(2)23(14-22)16-35-17-24-15-33-20(3)13-28(24)36-30(5,6)18-35/h9-15,25H,8,16-18,31-32H2,1-7H3. The number of hydrogen-bond acceptors (Lipinski definition) is 6. The van der Waals surface area contributed by atoms with Gasteiger partial charge in [-0.2, -0.15) is 0 Å². The maximum Gasteiger partial charge on any atom is 0.128 e. The zero-order chi connectivity index (χ0) is 26.2. The molecular formula is C30H41N5O. The van der Waals surface area contributed by atoms with Gasteiger partial charge in [0.15, 0.2) is 0 Å². The number of nitrogens with two attached hydrogens (primary N) is 2. The van der Waals surface area contributed by atoms with Gasteiger partial charge in [0.1, 0.15) is 11.4 Å². The first kappa shape index (κ1) is 26.0. The van der Waals surface area contributed by atoms with E-state index in [-0.39, 0.29) is 11.5 Å². The molecule has 192 valence electrons. The summed E-state index contributed by atoms with van der Waals surface area (Å²) in [4.78, 5) is 7.00. The van der Waals surface area contributed by atoms with Gasteiger partial charge >= 0.3 is 0 Å². The van der Waals surface area contributed by atoms with Crippen LogP contribution in [0.2, 0.25) is 0 Å². The first-order valence-electron chi connectivity index (χ1n) is 12.8. The molecule has 0 radical (unpaired) electrons. The normalized spacial score (nSPS) is 16.1. The van der Waals surface area contributed by atoms with Crippen LogP contribution in [-0.2, 0) is 13.1 Å². The molecule has 6 heteroatoms. The fourth-order valence-corrected chi connectivity index (χ4v) is 5.42. The van der Waals surface area contributed by atoms with E-state index in [0.29, 0.717) is 0 Å². The van der Waals surface area contributed by atoms with Crippen LogP contribution >= 0.6 is 0 Å². The van der Waals surface area contributed by atoms with Crippen LogP contribution < -0.4 is 21.3 Å². The predicted octanol–water partition coefficient (Wildman–Crippen LogP) is 5.61. The van der Waals surface area contributed by atoms with E-state index in [2.05, 4.69) is 74.8 Å². The molecule has 3 aromatic rings. The van der Waals surface area contributed by atoms with Gasteiger partial charge in [0.25, 0.3) is 0 Å². The van der Waals surface area contributed by atoms with Gasteiger partial charge in [-0.1, -0.05) is 31.2 Å². The Morgan fingerprint density at radius 3 is 2.58 bits per heavy atom. The van der Waals surface area contributed by atoms with Crippen LogP contribution in [0.15, 0.2) is 42.6 Å². The number of fused-ring (bicyclic) bond motifs is 1. The lowest BCUT2D eigenvalue weighted by molar-refractivity contribution is 0.0681. The van der Waals surface area contributed by atoms with E-state index in [1.165, 1.54) is 22.3 Å². The zero-order valence-corrected chi connectivity index (χ0v) is 22.9. The van der Waals surface area contributed by atoms with Crippen LogP contribution in [0, 0.1) is 20.8 Å². The molecule has 1 atom stereocenters. The molecular weight excluding hydrogens is 446 g/mol. The van der Waals surface area contributed by atoms with E-state index in [4.69, 9.17) is 16.3 Å². The van der Waals surface area contributed by atoms with Gasteiger partial charge in [0.05, 0.1) is 11.4 Å². The zero-order valence-electron chi connectivity index (χ0n) is 22.9. The highest BCUT2D eigenvalue weighted by atomic mass is 16.5. The molecule has 0 fully saturated rings. The SMILES string of the molecule is CCC(c1ccc(C)c(CN2Cc3cnc(C)cc3OC(C)(C)C2)c1)c1ccc(N(C)N)c(N)c1C. The van der Waals surface area contributed by atoms with Crippen molar-refractivity contribution in [3.8, 4) is 5.75 Å². The number of nitrogen functional groups attached to an aromatic ring is 1. The number of ether oxygens (including phenoxy) is 1. The number of benzene rings is 2. The molecule has 2 aromatic carbocycles. The summed E-state index contributed by atoms with van der Waals surface area (Å²) in [5, 5.41) is 1.58. The average Bonchev–Trinajstić information content (AvgIpc) is 2.92. The molecule has 1 aromatic heterocycles. The highest BCUT2D eigenvalue weighted by molar-refractivity contribution is 5.72. The summed E-state index contributed by atoms with van der Waals surface area (Å²) >= 11 is 0. The predicted molar refractivity (Wildman–Crippen MR) is 149 cm³/mol. The molecule has 4 N–H and O–H groups in total. The van der Waals surface area contributed by atoms with Gasteiger partial charge in [0.2, 0.25) is 0 Å². The third kappa shape index (κ3) is 5.35. The second kappa shape index (κ2) is 10.1. The van der Waals surface area contributed by atoms with Crippen LogP contribution in [0.3, 0.4) is 0 Å². The van der Waals surface area contributed by atoms with Crippen LogP contribution in [0.4, 0.5) is 11.4 Å². The molecule has 0 bridgehead atoms. The van der Waals surface area contributed by atoms with Gasteiger partial charge in [-0.15, -0.1) is 0 Å². The number of hydrogen-bond donors (Lipinski definition) is 2. The highest BCUT2D eigenvalue weighted by Gasteiger charge is 2.30. The molecule has 0 saturated heterocycles. The van der Waals surface area contributed by atoms with Crippen molar-refractivity contribution in [3.05, 3.63) is 81.7 Å². The van der Waals surface area contributed by atoms with Crippen molar-refractivity contribution in [1.82, 2.24) is 9.88 Å². The summed E-state index contributed by atoms with van der Waals surface area (Å²) in [5.74, 6) is 7.20. The number of nitrogens with zero attached hydrogens (tertiary/aromatic N) is 3. The third-order valence-electron chi connectivity index (χ3n) is 7.33. The van der Waals surface area contributed by atoms with Crippen molar-refractivity contribution in [3.63, 3.8) is 0 Å². The maximum absolute atomic E-state index is 6.48. The fraction of sp³-hybridized carbons (Fsp3) is 0.433. The molecule has 2 heterocycles. The Bertz CT molecular complexity index is 1250. The van der Waals surface area contributed by atoms with Crippen LogP contribution in [0.25, 0.3) is 0 Å². The molecule has 6 nitrogen and oxygen atoms in total. The van der Waals surface area contributed by atoms with E-state index < -0.39 is 0 Å². The number of anilines is 2. The summed E-state index contributed by atoms with van der Waals surface area (Å²) in [5.41, 5.74) is 16.2. The minimum absolute atomic E-state index is 0.264. The molecule has 0 aliphatic carbocycles. The van der Waals surface area contributed by atoms with Crippen LogP contribution in [0.1, 0.15) is 72.2 Å². The molecule has 1 aliphatic rings. The maximum atomic E-state index is 6.48. The third-order valence-corrected chi connectivity index (χ3v) is 7.33. The first-order valence-corrected chi connectivity index (χ1v) is 12.8. The fourth-order valence-electron chi connectivity index (χ4n) is 5.42. The molecule has 0 saturated carbocycles. The van der Waals surface area contributed by atoms with Gasteiger partial charge in [-0.05, 0) is 74.9 Å². The van der Waals surface area contributed by atoms with E-state index in [0.717, 1.165) is 60.0 Å². The van der Waals surface area contributed by atoms with Crippen molar-refractivity contribution < 1.29 is 4.74 Å². The number of aryl methyl sites for hydroxylation is 2. The number of pyridine rings is 1. The number of hydrazine groups is 1. The van der Waals surface area contributed by atoms with E-state index in [9.17, 15) is 0 Å². The molecule has 0 spiro atoms. The van der Waals surface area contributed by atoms with Crippen molar-refractivity contribution in [2.45, 2.75) is 72.6 Å². The van der Waals surface area contributed by atoms with Crippen LogP contribution in [-0.4, -0.2) is 29.1 Å². The Balaban J connectivity index is 1.66. The Kier molecular flexibility index (Phi) is 7.30. The minimum Gasteiger partial charge on any atom is -0.486 e. The average molecular weight is 488 g/mol. The van der Waals surface area contributed by atoms with E-state index >= 15 is 0 Å². The summed E-state index contributed by atoms with van der Waals surface area (Å²) in [6.45, 7) is 15.4. The lowest BCUT2D eigenvalue weighted by atomic mass is 9.84. The summed E-state index contributed by atoms with van der Waals surface area (Å²) < 4.78 is 6.41. The Morgan fingerprint density at radius 2 is 1.89 bits per heavy atom. The van der Waals surface area contributed by atoms with Crippen molar-refractivity contribution >= 4 is 11.4 Å². The largest absolute Gasteiger partial charge is 0.486 e. The summed E-state index contributed by atoms with van der Waals surface area (Å²) in [6, 6.07) is 13.2. The smallest absolute Gasteiger partial charge is 0.128 e. The van der Waals surface area contributed by atoms with Gasteiger partial charge in [-0.25, -0.2) is 5.84 Å². The van der Waals surface area contributed by atoms with Gasteiger partial charge in [-0.3, -0.25) is 9.88 Å². The first-order chi connectivity index (χ1) is 17.0. The molecule has 4 rings (SSSR count). The van der Waals surface area contributed by atoms with E-state index in [1.54, 1.807) is 5.01 Å². The summed E-state index contributed by atoms with van der Waals surface area (Å²) in [7, 11) is 1.82. The van der Waals surface area contributed by atoms with Crippen LogP contribution in [0.5, 0.6) is 5.75 Å². The molecule has 36 heavy (non-hydrogen) atoms. The minimum atomic E-state index is -0.289. The second-order valence-corrected chi connectivity index (χ2v) is 10.9. The van der Waals surface area contributed by atoms with Gasteiger partial charge < -0.3 is 15.5 Å². The molecule has 0 amide bonds. The number of rotatable bonds is 6. The van der Waals surface area contributed by atoms with Crippen molar-refractivity contribution in [2.24, 2.45) is 5.84 Å². The molecule has 1 unspecified atom stereocenters.